The maximum atomic E-state index is 13.0. The zero-order valence-corrected chi connectivity index (χ0v) is 19.9. The van der Waals surface area contributed by atoms with Crippen molar-refractivity contribution < 1.29 is 9.59 Å². The van der Waals surface area contributed by atoms with Crippen molar-refractivity contribution in [3.05, 3.63) is 54.2 Å². The molecule has 1 aromatic heterocycles. The molecule has 0 spiro atoms. The van der Waals surface area contributed by atoms with Crippen molar-refractivity contribution in [2.24, 2.45) is 5.92 Å². The highest BCUT2D eigenvalue weighted by Gasteiger charge is 2.21. The Hall–Kier alpha value is -3.08. The molecule has 1 heterocycles. The standard InChI is InChI=1S/C29H35N3O2/c33-28(21-8-4-3-5-9-21)32-24-15-12-20(13-16-24)26-19-30-27-17-14-22(18-25(26)27)29(34)31-23-10-6-1-2-7-11-23/h12-19,21,23,30H,1-11H2,(H,31,34)(H,32,33). The van der Waals surface area contributed by atoms with Gasteiger partial charge in [0.25, 0.3) is 5.91 Å². The van der Waals surface area contributed by atoms with Crippen LogP contribution in [0.4, 0.5) is 5.69 Å². The highest BCUT2D eigenvalue weighted by molar-refractivity contribution is 6.03. The van der Waals surface area contributed by atoms with Crippen molar-refractivity contribution in [2.45, 2.75) is 76.7 Å². The molecule has 3 aromatic rings. The average Bonchev–Trinajstić information content (AvgIpc) is 3.13. The number of H-pyrrole nitrogens is 1. The highest BCUT2D eigenvalue weighted by Crippen LogP contribution is 2.31. The topological polar surface area (TPSA) is 74.0 Å². The van der Waals surface area contributed by atoms with E-state index in [0.717, 1.165) is 66.2 Å². The molecule has 0 bridgehead atoms. The number of hydrogen-bond acceptors (Lipinski definition) is 2. The average molecular weight is 458 g/mol. The van der Waals surface area contributed by atoms with Crippen LogP contribution in [0.2, 0.25) is 0 Å². The molecule has 0 unspecified atom stereocenters. The van der Waals surface area contributed by atoms with Crippen LogP contribution in [-0.2, 0) is 4.79 Å². The zero-order valence-electron chi connectivity index (χ0n) is 19.9. The number of nitrogens with one attached hydrogen (secondary N) is 3. The summed E-state index contributed by atoms with van der Waals surface area (Å²) in [5.74, 6) is 0.301. The quantitative estimate of drug-likeness (QED) is 0.368. The molecule has 0 atom stereocenters. The van der Waals surface area contributed by atoms with Gasteiger partial charge in [0.05, 0.1) is 0 Å². The second-order valence-electron chi connectivity index (χ2n) is 10.0. The van der Waals surface area contributed by atoms with Crippen molar-refractivity contribution in [3.63, 3.8) is 0 Å². The molecule has 2 aliphatic rings. The lowest BCUT2D eigenvalue weighted by atomic mass is 9.88. The van der Waals surface area contributed by atoms with Crippen LogP contribution in [0.3, 0.4) is 0 Å². The van der Waals surface area contributed by atoms with E-state index in [0.29, 0.717) is 5.56 Å². The third kappa shape index (κ3) is 5.19. The van der Waals surface area contributed by atoms with E-state index < -0.39 is 0 Å². The van der Waals surface area contributed by atoms with Crippen LogP contribution >= 0.6 is 0 Å². The number of carbonyl (C=O) groups is 2. The predicted octanol–water partition coefficient (Wildman–Crippen LogP) is 6.81. The molecular formula is C29H35N3O2. The minimum absolute atomic E-state index is 0.0155. The van der Waals surface area contributed by atoms with E-state index in [2.05, 4.69) is 15.6 Å². The van der Waals surface area contributed by atoms with E-state index >= 15 is 0 Å². The summed E-state index contributed by atoms with van der Waals surface area (Å²) in [5, 5.41) is 7.38. The molecule has 0 saturated heterocycles. The second kappa shape index (κ2) is 10.5. The van der Waals surface area contributed by atoms with Gasteiger partial charge in [0.1, 0.15) is 0 Å². The normalized spacial score (nSPS) is 17.9. The van der Waals surface area contributed by atoms with Gasteiger partial charge in [-0.3, -0.25) is 9.59 Å². The molecule has 5 heteroatoms. The van der Waals surface area contributed by atoms with Gasteiger partial charge in [-0.1, -0.05) is 57.1 Å². The van der Waals surface area contributed by atoms with Gasteiger partial charge < -0.3 is 15.6 Å². The fourth-order valence-corrected chi connectivity index (χ4v) is 5.54. The monoisotopic (exact) mass is 457 g/mol. The number of rotatable bonds is 5. The van der Waals surface area contributed by atoms with E-state index in [1.54, 1.807) is 0 Å². The largest absolute Gasteiger partial charge is 0.361 e. The van der Waals surface area contributed by atoms with E-state index in [9.17, 15) is 9.59 Å². The fraction of sp³-hybridized carbons (Fsp3) is 0.448. The van der Waals surface area contributed by atoms with Crippen LogP contribution < -0.4 is 10.6 Å². The number of amides is 2. The van der Waals surface area contributed by atoms with E-state index in [1.807, 2.05) is 48.7 Å². The smallest absolute Gasteiger partial charge is 0.251 e. The SMILES string of the molecule is O=C(NC1CCCCCC1)c1ccc2[nH]cc(-c3ccc(NC(=O)C4CCCCC4)cc3)c2c1. The summed E-state index contributed by atoms with van der Waals surface area (Å²) in [5.41, 5.74) is 4.67. The maximum Gasteiger partial charge on any atom is 0.251 e. The first kappa shape index (κ1) is 22.7. The molecule has 178 valence electrons. The highest BCUT2D eigenvalue weighted by atomic mass is 16.2. The van der Waals surface area contributed by atoms with Gasteiger partial charge >= 0.3 is 0 Å². The van der Waals surface area contributed by atoms with Gasteiger partial charge in [0, 0.05) is 45.9 Å². The number of hydrogen-bond donors (Lipinski definition) is 3. The number of fused-ring (bicyclic) bond motifs is 1. The number of benzene rings is 2. The van der Waals surface area contributed by atoms with Gasteiger partial charge in [-0.15, -0.1) is 0 Å². The molecule has 5 nitrogen and oxygen atoms in total. The first-order valence-electron chi connectivity index (χ1n) is 13.0. The van der Waals surface area contributed by atoms with Crippen molar-refractivity contribution in [2.75, 3.05) is 5.32 Å². The Morgan fingerprint density at radius 2 is 1.47 bits per heavy atom. The van der Waals surface area contributed by atoms with Crippen molar-refractivity contribution in [3.8, 4) is 11.1 Å². The molecule has 2 aliphatic carbocycles. The number of anilines is 1. The summed E-state index contributed by atoms with van der Waals surface area (Å²) in [6.45, 7) is 0. The lowest BCUT2D eigenvalue weighted by Crippen LogP contribution is -2.34. The van der Waals surface area contributed by atoms with Gasteiger partial charge in [-0.25, -0.2) is 0 Å². The number of aromatic amines is 1. The van der Waals surface area contributed by atoms with E-state index in [1.165, 1.54) is 32.1 Å². The number of carbonyl (C=O) groups excluding carboxylic acids is 2. The molecule has 2 aromatic carbocycles. The fourth-order valence-electron chi connectivity index (χ4n) is 5.54. The molecule has 2 saturated carbocycles. The van der Waals surface area contributed by atoms with E-state index in [-0.39, 0.29) is 23.8 Å². The van der Waals surface area contributed by atoms with Gasteiger partial charge in [0.15, 0.2) is 0 Å². The third-order valence-corrected chi connectivity index (χ3v) is 7.57. The minimum Gasteiger partial charge on any atom is -0.361 e. The third-order valence-electron chi connectivity index (χ3n) is 7.57. The van der Waals surface area contributed by atoms with Crippen LogP contribution in [0.25, 0.3) is 22.0 Å². The Bertz CT molecular complexity index is 1130. The van der Waals surface area contributed by atoms with Crippen molar-refractivity contribution in [1.29, 1.82) is 0 Å². The summed E-state index contributed by atoms with van der Waals surface area (Å²) in [6, 6.07) is 14.2. The lowest BCUT2D eigenvalue weighted by molar-refractivity contribution is -0.120. The van der Waals surface area contributed by atoms with Crippen molar-refractivity contribution in [1.82, 2.24) is 10.3 Å². The van der Waals surface area contributed by atoms with E-state index in [4.69, 9.17) is 0 Å². The summed E-state index contributed by atoms with van der Waals surface area (Å²) in [6.07, 6.45) is 14.6. The molecule has 34 heavy (non-hydrogen) atoms. The molecule has 0 aliphatic heterocycles. The Morgan fingerprint density at radius 1 is 0.794 bits per heavy atom. The lowest BCUT2D eigenvalue weighted by Gasteiger charge is -2.20. The number of aromatic nitrogens is 1. The summed E-state index contributed by atoms with van der Waals surface area (Å²) >= 11 is 0. The Kier molecular flexibility index (Phi) is 6.98. The molecule has 0 radical (unpaired) electrons. The molecule has 3 N–H and O–H groups in total. The maximum absolute atomic E-state index is 13.0. The van der Waals surface area contributed by atoms with Gasteiger partial charge in [0.2, 0.25) is 5.91 Å². The van der Waals surface area contributed by atoms with Crippen LogP contribution in [-0.4, -0.2) is 22.8 Å². The van der Waals surface area contributed by atoms with Gasteiger partial charge in [-0.2, -0.15) is 0 Å². The Balaban J connectivity index is 1.30. The molecular weight excluding hydrogens is 422 g/mol. The summed E-state index contributed by atoms with van der Waals surface area (Å²) in [7, 11) is 0. The summed E-state index contributed by atoms with van der Waals surface area (Å²) < 4.78 is 0. The first-order chi connectivity index (χ1) is 16.7. The first-order valence-corrected chi connectivity index (χ1v) is 13.0. The second-order valence-corrected chi connectivity index (χ2v) is 10.0. The Morgan fingerprint density at radius 3 is 2.21 bits per heavy atom. The van der Waals surface area contributed by atoms with Crippen LogP contribution in [0.15, 0.2) is 48.7 Å². The predicted molar refractivity (Wildman–Crippen MR) is 138 cm³/mol. The Labute approximate surface area is 201 Å². The molecule has 2 fully saturated rings. The van der Waals surface area contributed by atoms with Crippen molar-refractivity contribution >= 4 is 28.4 Å². The van der Waals surface area contributed by atoms with Crippen LogP contribution in [0.1, 0.15) is 81.0 Å². The molecule has 2 amide bonds. The van der Waals surface area contributed by atoms with Crippen LogP contribution in [0.5, 0.6) is 0 Å². The minimum atomic E-state index is 0.0155. The molecule has 5 rings (SSSR count). The zero-order chi connectivity index (χ0) is 23.3. The summed E-state index contributed by atoms with van der Waals surface area (Å²) in [4.78, 5) is 28.9. The van der Waals surface area contributed by atoms with Crippen LogP contribution in [0, 0.1) is 5.92 Å². The van der Waals surface area contributed by atoms with Gasteiger partial charge in [-0.05, 0) is 61.6 Å².